The molecule has 7 N–H and O–H groups in total. The zero-order valence-corrected chi connectivity index (χ0v) is 11.0. The van der Waals surface area contributed by atoms with E-state index in [1.807, 2.05) is 0 Å². The fourth-order valence-corrected chi connectivity index (χ4v) is 2.35. The van der Waals surface area contributed by atoms with Gasteiger partial charge in [-0.3, -0.25) is 0 Å². The van der Waals surface area contributed by atoms with Gasteiger partial charge in [0.15, 0.2) is 6.29 Å². The lowest BCUT2D eigenvalue weighted by Gasteiger charge is -2.40. The summed E-state index contributed by atoms with van der Waals surface area (Å²) in [4.78, 5) is 0. The topological polar surface area (TPSA) is 169 Å². The van der Waals surface area contributed by atoms with Crippen LogP contribution in [-0.4, -0.2) is 104 Å². The van der Waals surface area contributed by atoms with Crippen molar-refractivity contribution in [2.75, 3.05) is 19.8 Å². The van der Waals surface area contributed by atoms with Gasteiger partial charge >= 0.3 is 0 Å². The maximum Gasteiger partial charge on any atom is 0.224 e. The lowest BCUT2D eigenvalue weighted by molar-refractivity contribution is -0.370. The van der Waals surface area contributed by atoms with E-state index in [0.29, 0.717) is 0 Å². The second-order valence-corrected chi connectivity index (χ2v) is 5.11. The lowest BCUT2D eigenvalue weighted by Crippen LogP contribution is -2.59. The summed E-state index contributed by atoms with van der Waals surface area (Å²) in [6, 6.07) is 0. The number of aliphatic hydroxyl groups is 7. The lowest BCUT2D eigenvalue weighted by atomic mass is 10.0. The number of hydrogen-bond acceptors (Lipinski definition) is 10. The molecule has 8 unspecified atom stereocenters. The van der Waals surface area contributed by atoms with E-state index in [1.165, 1.54) is 0 Å². The summed E-state index contributed by atoms with van der Waals surface area (Å²) < 4.78 is 15.3. The molecule has 0 aromatic carbocycles. The van der Waals surface area contributed by atoms with Crippen LogP contribution in [-0.2, 0) is 14.2 Å². The summed E-state index contributed by atoms with van der Waals surface area (Å²) >= 11 is 0. The molecule has 0 radical (unpaired) electrons. The number of rotatable bonds is 4. The van der Waals surface area contributed by atoms with Crippen LogP contribution in [0.2, 0.25) is 0 Å². The van der Waals surface area contributed by atoms with Crippen molar-refractivity contribution in [3.63, 3.8) is 0 Å². The molecule has 0 amide bonds. The highest BCUT2D eigenvalue weighted by Gasteiger charge is 2.57. The van der Waals surface area contributed by atoms with Crippen molar-refractivity contribution in [3.8, 4) is 0 Å². The normalized spacial score (nSPS) is 51.3. The van der Waals surface area contributed by atoms with Crippen molar-refractivity contribution in [2.45, 2.75) is 48.7 Å². The largest absolute Gasteiger partial charge is 0.394 e. The summed E-state index contributed by atoms with van der Waals surface area (Å²) in [5.74, 6) is -2.12. The van der Waals surface area contributed by atoms with Gasteiger partial charge in [-0.15, -0.1) is 0 Å². The first-order chi connectivity index (χ1) is 9.86. The Labute approximate surface area is 119 Å². The third-order valence-corrected chi connectivity index (χ3v) is 3.68. The molecule has 0 spiro atoms. The Morgan fingerprint density at radius 1 is 1.00 bits per heavy atom. The van der Waals surface area contributed by atoms with Gasteiger partial charge in [0.25, 0.3) is 0 Å². The minimum atomic E-state index is -2.12. The predicted molar refractivity (Wildman–Crippen MR) is 62.6 cm³/mol. The maximum atomic E-state index is 9.92. The van der Waals surface area contributed by atoms with E-state index < -0.39 is 61.9 Å². The van der Waals surface area contributed by atoms with Gasteiger partial charge in [-0.2, -0.15) is 0 Å². The fraction of sp³-hybridized carbons (Fsp3) is 1.00. The van der Waals surface area contributed by atoms with Crippen LogP contribution in [0.15, 0.2) is 0 Å². The summed E-state index contributed by atoms with van der Waals surface area (Å²) in [5, 5.41) is 66.7. The molecule has 0 aromatic rings. The molecule has 10 heteroatoms. The molecule has 2 rings (SSSR count). The average molecular weight is 312 g/mol. The van der Waals surface area contributed by atoms with Gasteiger partial charge < -0.3 is 50.0 Å². The van der Waals surface area contributed by atoms with Gasteiger partial charge in [-0.25, -0.2) is 0 Å². The van der Waals surface area contributed by atoms with Crippen LogP contribution in [0.4, 0.5) is 0 Å². The SMILES string of the molecule is OCC1OC(CO)(OC2OCC(O)C(O)C2O)C(O)C1O. The molecule has 2 heterocycles. The number of ether oxygens (including phenoxy) is 3. The molecule has 124 valence electrons. The molecule has 2 saturated heterocycles. The summed E-state index contributed by atoms with van der Waals surface area (Å²) in [7, 11) is 0. The van der Waals surface area contributed by atoms with E-state index in [4.69, 9.17) is 19.3 Å². The van der Waals surface area contributed by atoms with E-state index in [2.05, 4.69) is 0 Å². The molecule has 0 bridgehead atoms. The molecule has 21 heavy (non-hydrogen) atoms. The zero-order valence-electron chi connectivity index (χ0n) is 11.0. The predicted octanol–water partition coefficient (Wildman–Crippen LogP) is -4.76. The minimum Gasteiger partial charge on any atom is -0.394 e. The standard InChI is InChI=1S/C11H20O10/c12-1-5-7(16)9(18)11(3-13,20-5)21-10-8(17)6(15)4(14)2-19-10/h4-10,12-18H,1-3H2. The van der Waals surface area contributed by atoms with Crippen LogP contribution < -0.4 is 0 Å². The van der Waals surface area contributed by atoms with Crippen molar-refractivity contribution >= 4 is 0 Å². The molecule has 0 aliphatic carbocycles. The van der Waals surface area contributed by atoms with Crippen molar-refractivity contribution in [1.29, 1.82) is 0 Å². The third-order valence-electron chi connectivity index (χ3n) is 3.68. The van der Waals surface area contributed by atoms with Crippen molar-refractivity contribution in [1.82, 2.24) is 0 Å². The minimum absolute atomic E-state index is 0.341. The van der Waals surface area contributed by atoms with Crippen LogP contribution in [0, 0.1) is 0 Å². The highest BCUT2D eigenvalue weighted by molar-refractivity contribution is 4.97. The fourth-order valence-electron chi connectivity index (χ4n) is 2.35. The zero-order chi connectivity index (χ0) is 15.8. The number of aliphatic hydroxyl groups excluding tert-OH is 7. The van der Waals surface area contributed by atoms with E-state index in [0.717, 1.165) is 0 Å². The van der Waals surface area contributed by atoms with Crippen molar-refractivity contribution < 1.29 is 50.0 Å². The Kier molecular flexibility index (Phi) is 5.15. The molecular formula is C11H20O10. The van der Waals surface area contributed by atoms with E-state index in [9.17, 15) is 30.6 Å². The molecule has 0 saturated carbocycles. The Morgan fingerprint density at radius 2 is 1.67 bits per heavy atom. The van der Waals surface area contributed by atoms with Gasteiger partial charge in [-0.1, -0.05) is 0 Å². The van der Waals surface area contributed by atoms with Crippen LogP contribution in [0.3, 0.4) is 0 Å². The first-order valence-corrected chi connectivity index (χ1v) is 6.45. The van der Waals surface area contributed by atoms with Crippen LogP contribution in [0.5, 0.6) is 0 Å². The van der Waals surface area contributed by atoms with Crippen LogP contribution >= 0.6 is 0 Å². The first-order valence-electron chi connectivity index (χ1n) is 6.45. The Morgan fingerprint density at radius 3 is 2.19 bits per heavy atom. The van der Waals surface area contributed by atoms with Gasteiger partial charge in [0.2, 0.25) is 5.79 Å². The van der Waals surface area contributed by atoms with E-state index in [1.54, 1.807) is 0 Å². The smallest absolute Gasteiger partial charge is 0.224 e. The Balaban J connectivity index is 2.12. The summed E-state index contributed by atoms with van der Waals surface area (Å²) in [6.07, 6.45) is -10.4. The molecule has 8 atom stereocenters. The first kappa shape index (κ1) is 17.0. The summed E-state index contributed by atoms with van der Waals surface area (Å²) in [6.45, 7) is -1.86. The molecule has 2 fully saturated rings. The summed E-state index contributed by atoms with van der Waals surface area (Å²) in [5.41, 5.74) is 0. The monoisotopic (exact) mass is 312 g/mol. The average Bonchev–Trinajstić information content (AvgIpc) is 2.73. The van der Waals surface area contributed by atoms with Gasteiger partial charge in [0.1, 0.15) is 43.2 Å². The molecule has 2 aliphatic rings. The highest BCUT2D eigenvalue weighted by Crippen LogP contribution is 2.35. The maximum absolute atomic E-state index is 9.92. The molecule has 10 nitrogen and oxygen atoms in total. The van der Waals surface area contributed by atoms with E-state index in [-0.39, 0.29) is 6.61 Å². The van der Waals surface area contributed by atoms with Crippen LogP contribution in [0.1, 0.15) is 0 Å². The highest BCUT2D eigenvalue weighted by atomic mass is 16.8. The van der Waals surface area contributed by atoms with Crippen molar-refractivity contribution in [2.24, 2.45) is 0 Å². The Hall–Kier alpha value is -0.400. The second-order valence-electron chi connectivity index (χ2n) is 5.11. The number of hydrogen-bond donors (Lipinski definition) is 7. The second kappa shape index (κ2) is 6.38. The van der Waals surface area contributed by atoms with Crippen molar-refractivity contribution in [3.05, 3.63) is 0 Å². The molecule has 2 aliphatic heterocycles. The molecular weight excluding hydrogens is 292 g/mol. The molecule has 0 aromatic heterocycles. The third kappa shape index (κ3) is 2.92. The van der Waals surface area contributed by atoms with Gasteiger partial charge in [0.05, 0.1) is 13.2 Å². The van der Waals surface area contributed by atoms with E-state index >= 15 is 0 Å². The quantitative estimate of drug-likeness (QED) is 0.267. The van der Waals surface area contributed by atoms with Gasteiger partial charge in [0, 0.05) is 0 Å². The Bertz CT molecular complexity index is 354. The van der Waals surface area contributed by atoms with Crippen LogP contribution in [0.25, 0.3) is 0 Å². The van der Waals surface area contributed by atoms with Gasteiger partial charge in [-0.05, 0) is 0 Å².